The maximum Gasteiger partial charge on any atom is 0.243 e. The van der Waals surface area contributed by atoms with Gasteiger partial charge in [-0.25, -0.2) is 0 Å². The maximum absolute atomic E-state index is 12.1. The predicted octanol–water partition coefficient (Wildman–Crippen LogP) is 0.308. The molecule has 5 heteroatoms. The van der Waals surface area contributed by atoms with E-state index in [4.69, 9.17) is 10.5 Å². The molecule has 1 fully saturated rings. The zero-order valence-electron chi connectivity index (χ0n) is 11.2. The second kappa shape index (κ2) is 6.65. The van der Waals surface area contributed by atoms with Gasteiger partial charge in [0.25, 0.3) is 0 Å². The van der Waals surface area contributed by atoms with Crippen LogP contribution in [-0.2, 0) is 16.1 Å². The van der Waals surface area contributed by atoms with Crippen LogP contribution in [0.2, 0.25) is 0 Å². The summed E-state index contributed by atoms with van der Waals surface area (Å²) in [4.78, 5) is 13.8. The first kappa shape index (κ1) is 14.0. The summed E-state index contributed by atoms with van der Waals surface area (Å²) in [6.45, 7) is 4.13. The number of benzene rings is 1. The molecule has 19 heavy (non-hydrogen) atoms. The summed E-state index contributed by atoms with van der Waals surface area (Å²) < 4.78 is 5.61. The van der Waals surface area contributed by atoms with Crippen LogP contribution in [0.15, 0.2) is 30.3 Å². The van der Waals surface area contributed by atoms with Crippen molar-refractivity contribution in [1.82, 2.24) is 10.2 Å². The SMILES string of the molecule is CC(N)N1CCNC(COCc2ccccc2)C1=O. The van der Waals surface area contributed by atoms with Crippen molar-refractivity contribution in [3.63, 3.8) is 0 Å². The number of amides is 1. The molecule has 0 bridgehead atoms. The standard InChI is InChI=1S/C14H21N3O2/c1-11(15)17-8-7-16-13(14(17)18)10-19-9-12-5-3-2-4-6-12/h2-6,11,13,16H,7-10,15H2,1H3. The average molecular weight is 263 g/mol. The van der Waals surface area contributed by atoms with Crippen LogP contribution in [0.4, 0.5) is 0 Å². The van der Waals surface area contributed by atoms with Crippen LogP contribution >= 0.6 is 0 Å². The second-order valence-electron chi connectivity index (χ2n) is 4.78. The molecule has 1 amide bonds. The third-order valence-electron chi connectivity index (χ3n) is 3.21. The lowest BCUT2D eigenvalue weighted by atomic mass is 10.2. The van der Waals surface area contributed by atoms with Gasteiger partial charge in [0.05, 0.1) is 19.4 Å². The highest BCUT2D eigenvalue weighted by Crippen LogP contribution is 2.06. The topological polar surface area (TPSA) is 67.6 Å². The van der Waals surface area contributed by atoms with Crippen molar-refractivity contribution in [1.29, 1.82) is 0 Å². The number of carbonyl (C=O) groups is 1. The summed E-state index contributed by atoms with van der Waals surface area (Å²) in [5.74, 6) is 0.0225. The fraction of sp³-hybridized carbons (Fsp3) is 0.500. The molecule has 2 atom stereocenters. The highest BCUT2D eigenvalue weighted by molar-refractivity contribution is 5.83. The first-order valence-corrected chi connectivity index (χ1v) is 6.59. The maximum atomic E-state index is 12.1. The van der Waals surface area contributed by atoms with Crippen molar-refractivity contribution in [2.75, 3.05) is 19.7 Å². The molecule has 0 saturated carbocycles. The van der Waals surface area contributed by atoms with Crippen LogP contribution in [0.5, 0.6) is 0 Å². The lowest BCUT2D eigenvalue weighted by Crippen LogP contribution is -2.60. The largest absolute Gasteiger partial charge is 0.375 e. The molecule has 2 unspecified atom stereocenters. The molecule has 2 rings (SSSR count). The zero-order valence-corrected chi connectivity index (χ0v) is 11.2. The number of nitrogens with zero attached hydrogens (tertiary/aromatic N) is 1. The van der Waals surface area contributed by atoms with Crippen LogP contribution in [0.25, 0.3) is 0 Å². The van der Waals surface area contributed by atoms with Gasteiger partial charge in [-0.05, 0) is 12.5 Å². The number of piperazine rings is 1. The molecule has 1 aliphatic heterocycles. The highest BCUT2D eigenvalue weighted by atomic mass is 16.5. The minimum absolute atomic E-state index is 0.0225. The number of hydrogen-bond acceptors (Lipinski definition) is 4. The molecule has 0 radical (unpaired) electrons. The van der Waals surface area contributed by atoms with Crippen LogP contribution in [0, 0.1) is 0 Å². The summed E-state index contributed by atoms with van der Waals surface area (Å²) in [6.07, 6.45) is -0.244. The van der Waals surface area contributed by atoms with Gasteiger partial charge in [-0.3, -0.25) is 4.79 Å². The van der Waals surface area contributed by atoms with Gasteiger partial charge >= 0.3 is 0 Å². The van der Waals surface area contributed by atoms with E-state index in [1.54, 1.807) is 4.90 Å². The van der Waals surface area contributed by atoms with Crippen molar-refractivity contribution in [2.24, 2.45) is 5.73 Å². The Morgan fingerprint density at radius 1 is 1.47 bits per heavy atom. The molecular weight excluding hydrogens is 242 g/mol. The Morgan fingerprint density at radius 2 is 2.21 bits per heavy atom. The van der Waals surface area contributed by atoms with Crippen molar-refractivity contribution >= 4 is 5.91 Å². The molecule has 0 spiro atoms. The Bertz CT molecular complexity index is 408. The van der Waals surface area contributed by atoms with Gasteiger partial charge in [-0.1, -0.05) is 30.3 Å². The molecular formula is C14H21N3O2. The van der Waals surface area contributed by atoms with Crippen LogP contribution in [-0.4, -0.2) is 42.7 Å². The minimum atomic E-state index is -0.288. The highest BCUT2D eigenvalue weighted by Gasteiger charge is 2.29. The summed E-state index contributed by atoms with van der Waals surface area (Å²) in [5.41, 5.74) is 6.88. The van der Waals surface area contributed by atoms with Crippen molar-refractivity contribution < 1.29 is 9.53 Å². The molecule has 5 nitrogen and oxygen atoms in total. The molecule has 1 heterocycles. The predicted molar refractivity (Wildman–Crippen MR) is 73.3 cm³/mol. The van der Waals surface area contributed by atoms with E-state index in [1.165, 1.54) is 0 Å². The minimum Gasteiger partial charge on any atom is -0.375 e. The van der Waals surface area contributed by atoms with E-state index in [1.807, 2.05) is 37.3 Å². The van der Waals surface area contributed by atoms with Gasteiger partial charge in [-0.2, -0.15) is 0 Å². The van der Waals surface area contributed by atoms with E-state index in [0.29, 0.717) is 19.8 Å². The summed E-state index contributed by atoms with van der Waals surface area (Å²) in [6, 6.07) is 9.63. The summed E-state index contributed by atoms with van der Waals surface area (Å²) in [5, 5.41) is 3.17. The fourth-order valence-corrected chi connectivity index (χ4v) is 2.16. The lowest BCUT2D eigenvalue weighted by Gasteiger charge is -2.35. The Balaban J connectivity index is 1.81. The monoisotopic (exact) mass is 263 g/mol. The Hall–Kier alpha value is -1.43. The van der Waals surface area contributed by atoms with E-state index >= 15 is 0 Å². The number of nitrogens with two attached hydrogens (primary N) is 1. The van der Waals surface area contributed by atoms with Gasteiger partial charge < -0.3 is 20.7 Å². The average Bonchev–Trinajstić information content (AvgIpc) is 2.41. The van der Waals surface area contributed by atoms with Crippen LogP contribution < -0.4 is 11.1 Å². The van der Waals surface area contributed by atoms with Crippen molar-refractivity contribution in [3.05, 3.63) is 35.9 Å². The number of rotatable bonds is 5. The molecule has 3 N–H and O–H groups in total. The fourth-order valence-electron chi connectivity index (χ4n) is 2.16. The molecule has 0 aliphatic carbocycles. The number of carbonyl (C=O) groups excluding carboxylic acids is 1. The Morgan fingerprint density at radius 3 is 2.89 bits per heavy atom. The zero-order chi connectivity index (χ0) is 13.7. The lowest BCUT2D eigenvalue weighted by molar-refractivity contribution is -0.139. The smallest absolute Gasteiger partial charge is 0.243 e. The third-order valence-corrected chi connectivity index (χ3v) is 3.21. The van der Waals surface area contributed by atoms with Crippen molar-refractivity contribution in [2.45, 2.75) is 25.7 Å². The normalized spacial score (nSPS) is 21.5. The van der Waals surface area contributed by atoms with E-state index in [0.717, 1.165) is 12.1 Å². The van der Waals surface area contributed by atoms with Crippen LogP contribution in [0.3, 0.4) is 0 Å². The molecule has 0 aromatic heterocycles. The summed E-state index contributed by atoms with van der Waals surface area (Å²) in [7, 11) is 0. The molecule has 1 aromatic rings. The Labute approximate surface area is 113 Å². The van der Waals surface area contributed by atoms with Gasteiger partial charge in [0, 0.05) is 13.1 Å². The quantitative estimate of drug-likeness (QED) is 0.802. The van der Waals surface area contributed by atoms with Gasteiger partial charge in [0.2, 0.25) is 5.91 Å². The van der Waals surface area contributed by atoms with Gasteiger partial charge in [0.1, 0.15) is 6.04 Å². The van der Waals surface area contributed by atoms with E-state index in [2.05, 4.69) is 5.32 Å². The Kier molecular flexibility index (Phi) is 4.90. The van der Waals surface area contributed by atoms with Gasteiger partial charge in [-0.15, -0.1) is 0 Å². The number of ether oxygens (including phenoxy) is 1. The molecule has 1 saturated heterocycles. The third kappa shape index (κ3) is 3.76. The van der Waals surface area contributed by atoms with Crippen molar-refractivity contribution in [3.8, 4) is 0 Å². The molecule has 1 aromatic carbocycles. The molecule has 104 valence electrons. The number of hydrogen-bond donors (Lipinski definition) is 2. The van der Waals surface area contributed by atoms with E-state index in [-0.39, 0.29) is 18.1 Å². The first-order chi connectivity index (χ1) is 9.18. The van der Waals surface area contributed by atoms with E-state index in [9.17, 15) is 4.79 Å². The van der Waals surface area contributed by atoms with E-state index < -0.39 is 0 Å². The van der Waals surface area contributed by atoms with Gasteiger partial charge in [0.15, 0.2) is 0 Å². The molecule has 1 aliphatic rings. The van der Waals surface area contributed by atoms with Crippen LogP contribution in [0.1, 0.15) is 12.5 Å². The first-order valence-electron chi connectivity index (χ1n) is 6.59. The number of nitrogens with one attached hydrogen (secondary N) is 1. The summed E-state index contributed by atoms with van der Waals surface area (Å²) >= 11 is 0. The second-order valence-corrected chi connectivity index (χ2v) is 4.78.